The highest BCUT2D eigenvalue weighted by Gasteiger charge is 2.52. The van der Waals surface area contributed by atoms with Crippen molar-refractivity contribution in [1.29, 1.82) is 0 Å². The van der Waals surface area contributed by atoms with Gasteiger partial charge >= 0.3 is 0 Å². The normalized spacial score (nSPS) is 23.6. The molecule has 2 saturated heterocycles. The summed E-state index contributed by atoms with van der Waals surface area (Å²) in [6.07, 6.45) is 4.39. The van der Waals surface area contributed by atoms with Crippen molar-refractivity contribution in [2.24, 2.45) is 12.5 Å². The number of imidazole rings is 1. The monoisotopic (exact) mass is 316 g/mol. The van der Waals surface area contributed by atoms with Crippen LogP contribution in [0.4, 0.5) is 0 Å². The summed E-state index contributed by atoms with van der Waals surface area (Å²) in [5.74, 6) is 0. The van der Waals surface area contributed by atoms with Gasteiger partial charge in [-0.25, -0.2) is 4.98 Å². The highest BCUT2D eigenvalue weighted by atomic mass is 32.3. The molecule has 0 aliphatic carbocycles. The molecule has 0 unspecified atom stereocenters. The molecule has 2 aliphatic heterocycles. The number of ether oxygens (including phenoxy) is 1. The van der Waals surface area contributed by atoms with Gasteiger partial charge in [-0.2, -0.15) is 4.31 Å². The van der Waals surface area contributed by atoms with E-state index < -0.39 is 10.8 Å². The first-order valence-electron chi connectivity index (χ1n) is 7.18. The van der Waals surface area contributed by atoms with Crippen LogP contribution in [0, 0.1) is 5.41 Å². The molecule has 0 atom stereocenters. The van der Waals surface area contributed by atoms with Crippen LogP contribution in [0.25, 0.3) is 0 Å². The molecule has 0 bridgehead atoms. The Morgan fingerprint density at radius 1 is 1.38 bits per heavy atom. The molecular formula is C13H24N4O3S. The minimum absolute atomic E-state index is 0.215. The minimum Gasteiger partial charge on any atom is -0.383 e. The van der Waals surface area contributed by atoms with Gasteiger partial charge in [-0.1, -0.05) is 10.8 Å². The van der Waals surface area contributed by atoms with Crippen molar-refractivity contribution < 1.29 is 13.8 Å². The quantitative estimate of drug-likeness (QED) is 0.847. The van der Waals surface area contributed by atoms with Crippen LogP contribution in [0.15, 0.2) is 17.6 Å². The Kier molecular flexibility index (Phi) is 4.02. The zero-order valence-corrected chi connectivity index (χ0v) is 13.4. The van der Waals surface area contributed by atoms with Crippen LogP contribution in [0.3, 0.4) is 0 Å². The molecule has 0 saturated carbocycles. The van der Waals surface area contributed by atoms with Crippen molar-refractivity contribution in [3.05, 3.63) is 12.5 Å². The van der Waals surface area contributed by atoms with E-state index >= 15 is 0 Å². The van der Waals surface area contributed by atoms with Gasteiger partial charge in [0.05, 0.1) is 12.9 Å². The molecule has 7 nitrogen and oxygen atoms in total. The second kappa shape index (κ2) is 5.53. The SMILES string of the molecule is COCCN1CCC2(C1)CN(S(O)(O)c1cn(C)cn1)C2. The lowest BCUT2D eigenvalue weighted by Gasteiger charge is -2.55. The predicted octanol–water partition coefficient (Wildman–Crippen LogP) is 1.10. The zero-order chi connectivity index (χ0) is 15.1. The number of aryl methyl sites for hydroxylation is 1. The summed E-state index contributed by atoms with van der Waals surface area (Å²) in [6.45, 7) is 5.26. The number of nitrogens with zero attached hydrogens (tertiary/aromatic N) is 4. The molecule has 3 heterocycles. The van der Waals surface area contributed by atoms with Crippen molar-refractivity contribution in [3.8, 4) is 0 Å². The second-order valence-corrected chi connectivity index (χ2v) is 8.19. The van der Waals surface area contributed by atoms with Crippen molar-refractivity contribution >= 4 is 10.8 Å². The smallest absolute Gasteiger partial charge is 0.181 e. The fourth-order valence-corrected chi connectivity index (χ4v) is 4.91. The number of hydrogen-bond donors (Lipinski definition) is 2. The first-order chi connectivity index (χ1) is 9.95. The first-order valence-corrected chi connectivity index (χ1v) is 8.68. The molecule has 2 N–H and O–H groups in total. The highest BCUT2D eigenvalue weighted by molar-refractivity contribution is 8.22. The van der Waals surface area contributed by atoms with Gasteiger partial charge in [-0.15, -0.1) is 0 Å². The summed E-state index contributed by atoms with van der Waals surface area (Å²) >= 11 is 0. The fraction of sp³-hybridized carbons (Fsp3) is 0.769. The van der Waals surface area contributed by atoms with Gasteiger partial charge in [0.1, 0.15) is 0 Å². The molecule has 1 aromatic rings. The molecule has 2 fully saturated rings. The van der Waals surface area contributed by atoms with Crippen LogP contribution in [0.5, 0.6) is 0 Å². The molecule has 0 amide bonds. The van der Waals surface area contributed by atoms with Crippen LogP contribution in [-0.4, -0.2) is 74.3 Å². The van der Waals surface area contributed by atoms with E-state index in [0.29, 0.717) is 5.03 Å². The van der Waals surface area contributed by atoms with Crippen LogP contribution in [0.2, 0.25) is 0 Å². The van der Waals surface area contributed by atoms with Gasteiger partial charge in [0.25, 0.3) is 0 Å². The fourth-order valence-electron chi connectivity index (χ4n) is 3.24. The Hall–Kier alpha value is -0.640. The maximum atomic E-state index is 10.4. The molecule has 0 radical (unpaired) electrons. The Balaban J connectivity index is 1.58. The summed E-state index contributed by atoms with van der Waals surface area (Å²) in [7, 11) is 0.628. The number of hydrogen-bond acceptors (Lipinski definition) is 6. The largest absolute Gasteiger partial charge is 0.383 e. The van der Waals surface area contributed by atoms with Crippen LogP contribution >= 0.6 is 10.8 Å². The third-order valence-electron chi connectivity index (χ3n) is 4.47. The number of methoxy groups -OCH3 is 1. The van der Waals surface area contributed by atoms with E-state index in [-0.39, 0.29) is 5.41 Å². The molecule has 21 heavy (non-hydrogen) atoms. The topological polar surface area (TPSA) is 74.0 Å². The maximum absolute atomic E-state index is 10.4. The lowest BCUT2D eigenvalue weighted by atomic mass is 9.81. The molecular weight excluding hydrogens is 292 g/mol. The van der Waals surface area contributed by atoms with Crippen molar-refractivity contribution in [2.75, 3.05) is 46.4 Å². The Labute approximate surface area is 127 Å². The van der Waals surface area contributed by atoms with E-state index in [1.807, 2.05) is 7.05 Å². The van der Waals surface area contributed by atoms with Crippen LogP contribution < -0.4 is 0 Å². The van der Waals surface area contributed by atoms with E-state index in [9.17, 15) is 9.11 Å². The molecule has 8 heteroatoms. The molecule has 2 aliphatic rings. The molecule has 120 valence electrons. The Bertz CT molecular complexity index is 501. The van der Waals surface area contributed by atoms with Gasteiger partial charge < -0.3 is 14.2 Å². The Morgan fingerprint density at radius 3 is 2.76 bits per heavy atom. The maximum Gasteiger partial charge on any atom is 0.181 e. The average molecular weight is 316 g/mol. The molecule has 1 spiro atoms. The van der Waals surface area contributed by atoms with Crippen molar-refractivity contribution in [3.63, 3.8) is 0 Å². The van der Waals surface area contributed by atoms with E-state index in [1.165, 1.54) is 0 Å². The molecule has 3 rings (SSSR count). The Morgan fingerprint density at radius 2 is 2.14 bits per heavy atom. The first kappa shape index (κ1) is 15.3. The van der Waals surface area contributed by atoms with Crippen molar-refractivity contribution in [1.82, 2.24) is 18.8 Å². The van der Waals surface area contributed by atoms with Gasteiger partial charge in [0, 0.05) is 51.9 Å². The summed E-state index contributed by atoms with van der Waals surface area (Å²) in [5.41, 5.74) is 0.215. The highest BCUT2D eigenvalue weighted by Crippen LogP contribution is 2.57. The third kappa shape index (κ3) is 2.84. The van der Waals surface area contributed by atoms with E-state index in [2.05, 4.69) is 9.88 Å². The zero-order valence-electron chi connectivity index (χ0n) is 12.6. The third-order valence-corrected chi connectivity index (χ3v) is 6.22. The molecule has 0 aromatic carbocycles. The predicted molar refractivity (Wildman–Crippen MR) is 81.3 cm³/mol. The lowest BCUT2D eigenvalue weighted by Crippen LogP contribution is -2.57. The average Bonchev–Trinajstić information content (AvgIpc) is 3.01. The number of likely N-dealkylation sites (tertiary alicyclic amines) is 1. The summed E-state index contributed by atoms with van der Waals surface area (Å²) < 4.78 is 29.5. The summed E-state index contributed by atoms with van der Waals surface area (Å²) in [5, 5.41) is 0.370. The van der Waals surface area contributed by atoms with Gasteiger partial charge in [0.2, 0.25) is 0 Å². The second-order valence-electron chi connectivity index (χ2n) is 6.21. The van der Waals surface area contributed by atoms with Gasteiger partial charge in [-0.05, 0) is 13.0 Å². The van der Waals surface area contributed by atoms with Gasteiger partial charge in [0.15, 0.2) is 5.03 Å². The summed E-state index contributed by atoms with van der Waals surface area (Å²) in [6, 6.07) is 0. The molecule has 1 aromatic heterocycles. The van der Waals surface area contributed by atoms with E-state index in [0.717, 1.165) is 45.8 Å². The lowest BCUT2D eigenvalue weighted by molar-refractivity contribution is 0.0635. The van der Waals surface area contributed by atoms with E-state index in [4.69, 9.17) is 4.74 Å². The number of aromatic nitrogens is 2. The van der Waals surface area contributed by atoms with Crippen LogP contribution in [-0.2, 0) is 11.8 Å². The van der Waals surface area contributed by atoms with Crippen molar-refractivity contribution in [2.45, 2.75) is 11.4 Å². The number of rotatable bonds is 5. The summed E-state index contributed by atoms with van der Waals surface area (Å²) in [4.78, 5) is 6.49. The minimum atomic E-state index is -2.92. The standard InChI is InChI=1S/C13H24N4O3S/c1-15-7-12(14-11-15)21(18,19)17-9-13(10-17)3-4-16(8-13)5-6-20-2/h7,11,18-19H,3-6,8-10H2,1-2H3. The van der Waals surface area contributed by atoms with Crippen LogP contribution in [0.1, 0.15) is 6.42 Å². The van der Waals surface area contributed by atoms with Gasteiger partial charge in [-0.3, -0.25) is 9.11 Å². The van der Waals surface area contributed by atoms with E-state index in [1.54, 1.807) is 28.5 Å².